The van der Waals surface area contributed by atoms with Crippen LogP contribution in [0.3, 0.4) is 0 Å². The van der Waals surface area contributed by atoms with Crippen LogP contribution in [-0.4, -0.2) is 51.6 Å². The molecule has 1 heterocycles. The first-order valence-corrected chi connectivity index (χ1v) is 8.63. The second-order valence-electron chi connectivity index (χ2n) is 4.91. The molecule has 2 amide bonds. The van der Waals surface area contributed by atoms with Crippen LogP contribution in [0.4, 0.5) is 0 Å². The summed E-state index contributed by atoms with van der Waals surface area (Å²) in [6.07, 6.45) is 4.28. The summed E-state index contributed by atoms with van der Waals surface area (Å²) in [6.45, 7) is 4.61. The molecule has 2 unspecified atom stereocenters. The van der Waals surface area contributed by atoms with Crippen LogP contribution >= 0.6 is 0 Å². The second-order valence-corrected chi connectivity index (χ2v) is 6.47. The second kappa shape index (κ2) is 7.75. The van der Waals surface area contributed by atoms with Crippen molar-refractivity contribution in [2.75, 3.05) is 18.6 Å². The molecule has 0 spiro atoms. The Morgan fingerprint density at radius 1 is 1.37 bits per heavy atom. The standard InChI is InChI=1S/C13H24N2O3S/c1-4-10(5-2)15-12(16)9-11(13(15)17)14-7-6-8-19(3)18/h10-11,14H,4-9H2,1-3H3. The summed E-state index contributed by atoms with van der Waals surface area (Å²) in [6, 6.07) is -0.367. The molecule has 1 rings (SSSR count). The fourth-order valence-electron chi connectivity index (χ4n) is 2.40. The van der Waals surface area contributed by atoms with Crippen LogP contribution in [-0.2, 0) is 20.4 Å². The molecule has 1 aliphatic heterocycles. The number of hydrogen-bond acceptors (Lipinski definition) is 4. The molecule has 0 bridgehead atoms. The van der Waals surface area contributed by atoms with Crippen molar-refractivity contribution in [2.24, 2.45) is 0 Å². The predicted molar refractivity (Wildman–Crippen MR) is 76.2 cm³/mol. The summed E-state index contributed by atoms with van der Waals surface area (Å²) in [5.41, 5.74) is 0. The monoisotopic (exact) mass is 288 g/mol. The Bertz CT molecular complexity index is 356. The van der Waals surface area contributed by atoms with E-state index in [9.17, 15) is 13.8 Å². The van der Waals surface area contributed by atoms with Crippen molar-refractivity contribution in [3.63, 3.8) is 0 Å². The lowest BCUT2D eigenvalue weighted by Crippen LogP contribution is -2.43. The average molecular weight is 288 g/mol. The van der Waals surface area contributed by atoms with Gasteiger partial charge < -0.3 is 5.32 Å². The highest BCUT2D eigenvalue weighted by Gasteiger charge is 2.40. The van der Waals surface area contributed by atoms with Gasteiger partial charge in [-0.05, 0) is 25.8 Å². The Kier molecular flexibility index (Phi) is 6.65. The van der Waals surface area contributed by atoms with Crippen molar-refractivity contribution in [3.05, 3.63) is 0 Å². The van der Waals surface area contributed by atoms with Gasteiger partial charge in [0.15, 0.2) is 0 Å². The van der Waals surface area contributed by atoms with Gasteiger partial charge in [0.05, 0.1) is 12.5 Å². The van der Waals surface area contributed by atoms with Crippen molar-refractivity contribution >= 4 is 22.6 Å². The van der Waals surface area contributed by atoms with E-state index in [0.29, 0.717) is 12.3 Å². The van der Waals surface area contributed by atoms with Crippen LogP contribution < -0.4 is 5.32 Å². The van der Waals surface area contributed by atoms with Crippen LogP contribution in [0.5, 0.6) is 0 Å². The molecule has 0 aromatic rings. The third-order valence-electron chi connectivity index (χ3n) is 3.49. The van der Waals surface area contributed by atoms with Crippen LogP contribution in [0.25, 0.3) is 0 Å². The Labute approximate surface area is 117 Å². The number of amides is 2. The van der Waals surface area contributed by atoms with Gasteiger partial charge in [-0.15, -0.1) is 0 Å². The maximum absolute atomic E-state index is 12.2. The van der Waals surface area contributed by atoms with Crippen LogP contribution in [0.15, 0.2) is 0 Å². The lowest BCUT2D eigenvalue weighted by Gasteiger charge is -2.24. The molecule has 1 fully saturated rings. The molecule has 1 N–H and O–H groups in total. The van der Waals surface area contributed by atoms with Gasteiger partial charge in [0.2, 0.25) is 11.8 Å². The highest BCUT2D eigenvalue weighted by Crippen LogP contribution is 2.20. The molecule has 0 aliphatic carbocycles. The number of nitrogens with one attached hydrogen (secondary N) is 1. The summed E-state index contributed by atoms with van der Waals surface area (Å²) in [7, 11) is -0.804. The van der Waals surface area contributed by atoms with E-state index in [2.05, 4.69) is 5.32 Å². The van der Waals surface area contributed by atoms with E-state index in [4.69, 9.17) is 0 Å². The van der Waals surface area contributed by atoms with Gasteiger partial charge in [-0.3, -0.25) is 18.7 Å². The van der Waals surface area contributed by atoms with Gasteiger partial charge in [0.1, 0.15) is 0 Å². The number of nitrogens with zero attached hydrogens (tertiary/aromatic N) is 1. The molecule has 0 aromatic heterocycles. The number of imide groups is 1. The number of likely N-dealkylation sites (tertiary alicyclic amines) is 1. The molecule has 1 aliphatic rings. The Hall–Kier alpha value is -0.750. The molecular weight excluding hydrogens is 264 g/mol. The third-order valence-corrected chi connectivity index (χ3v) is 4.35. The van der Waals surface area contributed by atoms with E-state index < -0.39 is 16.8 Å². The first kappa shape index (κ1) is 16.3. The SMILES string of the molecule is CCC(CC)N1C(=O)CC(NCCCS(C)=O)C1=O. The molecule has 0 aromatic carbocycles. The van der Waals surface area contributed by atoms with Gasteiger partial charge in [0.25, 0.3) is 0 Å². The highest BCUT2D eigenvalue weighted by molar-refractivity contribution is 7.84. The minimum absolute atomic E-state index is 0.0231. The van der Waals surface area contributed by atoms with E-state index in [1.165, 1.54) is 4.90 Å². The molecule has 110 valence electrons. The summed E-state index contributed by atoms with van der Waals surface area (Å²) >= 11 is 0. The molecule has 1 saturated heterocycles. The topological polar surface area (TPSA) is 66.5 Å². The molecule has 0 radical (unpaired) electrons. The molecular formula is C13H24N2O3S. The number of rotatable bonds is 8. The van der Waals surface area contributed by atoms with Gasteiger partial charge in [-0.1, -0.05) is 13.8 Å². The van der Waals surface area contributed by atoms with Crippen LogP contribution in [0, 0.1) is 0 Å². The average Bonchev–Trinajstić information content (AvgIpc) is 2.64. The Morgan fingerprint density at radius 2 is 2.00 bits per heavy atom. The minimum atomic E-state index is -0.804. The lowest BCUT2D eigenvalue weighted by atomic mass is 10.1. The van der Waals surface area contributed by atoms with Crippen molar-refractivity contribution in [1.82, 2.24) is 10.2 Å². The van der Waals surface area contributed by atoms with Crippen molar-refractivity contribution in [2.45, 2.75) is 51.6 Å². The van der Waals surface area contributed by atoms with Crippen molar-refractivity contribution < 1.29 is 13.8 Å². The quantitative estimate of drug-likeness (QED) is 0.526. The Morgan fingerprint density at radius 3 is 2.53 bits per heavy atom. The van der Waals surface area contributed by atoms with E-state index in [0.717, 1.165) is 19.3 Å². The number of carbonyl (C=O) groups is 2. The zero-order valence-corrected chi connectivity index (χ0v) is 12.8. The molecule has 2 atom stereocenters. The summed E-state index contributed by atoms with van der Waals surface area (Å²) in [5.74, 6) is 0.449. The van der Waals surface area contributed by atoms with Crippen LogP contribution in [0.1, 0.15) is 39.5 Å². The summed E-state index contributed by atoms with van der Waals surface area (Å²) < 4.78 is 10.9. The van der Waals surface area contributed by atoms with Gasteiger partial charge >= 0.3 is 0 Å². The highest BCUT2D eigenvalue weighted by atomic mass is 32.2. The lowest BCUT2D eigenvalue weighted by molar-refractivity contribution is -0.141. The number of hydrogen-bond donors (Lipinski definition) is 1. The first-order chi connectivity index (χ1) is 9.01. The molecule has 0 saturated carbocycles. The van der Waals surface area contributed by atoms with E-state index in [1.54, 1.807) is 6.26 Å². The first-order valence-electron chi connectivity index (χ1n) is 6.90. The van der Waals surface area contributed by atoms with Crippen molar-refractivity contribution in [3.8, 4) is 0 Å². The van der Waals surface area contributed by atoms with E-state index in [-0.39, 0.29) is 24.3 Å². The molecule has 5 nitrogen and oxygen atoms in total. The zero-order chi connectivity index (χ0) is 14.4. The van der Waals surface area contributed by atoms with E-state index in [1.807, 2.05) is 13.8 Å². The largest absolute Gasteiger partial charge is 0.305 e. The predicted octanol–water partition coefficient (Wildman–Crippen LogP) is 0.661. The minimum Gasteiger partial charge on any atom is -0.305 e. The van der Waals surface area contributed by atoms with Gasteiger partial charge in [-0.25, -0.2) is 0 Å². The maximum Gasteiger partial charge on any atom is 0.247 e. The summed E-state index contributed by atoms with van der Waals surface area (Å²) in [4.78, 5) is 25.5. The van der Waals surface area contributed by atoms with E-state index >= 15 is 0 Å². The number of carbonyl (C=O) groups excluding carboxylic acids is 2. The summed E-state index contributed by atoms with van der Waals surface area (Å²) in [5, 5.41) is 3.10. The smallest absolute Gasteiger partial charge is 0.247 e. The normalized spacial score (nSPS) is 21.5. The Balaban J connectivity index is 2.48. The van der Waals surface area contributed by atoms with Gasteiger partial charge in [-0.2, -0.15) is 0 Å². The third kappa shape index (κ3) is 4.38. The van der Waals surface area contributed by atoms with Crippen molar-refractivity contribution in [1.29, 1.82) is 0 Å². The molecule has 19 heavy (non-hydrogen) atoms. The molecule has 6 heteroatoms. The fraction of sp³-hybridized carbons (Fsp3) is 0.846. The fourth-order valence-corrected chi connectivity index (χ4v) is 2.95. The van der Waals surface area contributed by atoms with Gasteiger partial charge in [0, 0.05) is 28.9 Å². The maximum atomic E-state index is 12.2. The van der Waals surface area contributed by atoms with Crippen LogP contribution in [0.2, 0.25) is 0 Å². The zero-order valence-electron chi connectivity index (χ0n) is 12.0.